The zero-order valence-electron chi connectivity index (χ0n) is 9.68. The third-order valence-corrected chi connectivity index (χ3v) is 4.91. The number of rotatable bonds is 4. The Morgan fingerprint density at radius 3 is 2.81 bits per heavy atom. The van der Waals surface area contributed by atoms with Gasteiger partial charge in [-0.15, -0.1) is 11.3 Å². The molecule has 0 radical (unpaired) electrons. The highest BCUT2D eigenvalue weighted by Crippen LogP contribution is 2.27. The largest absolute Gasteiger partial charge is 0.317 e. The minimum Gasteiger partial charge on any atom is -0.317 e. The van der Waals surface area contributed by atoms with Crippen molar-refractivity contribution in [3.05, 3.63) is 20.8 Å². The molecule has 1 fully saturated rings. The van der Waals surface area contributed by atoms with Crippen LogP contribution < -0.4 is 10.6 Å². The fourth-order valence-electron chi connectivity index (χ4n) is 2.14. The molecule has 2 heterocycles. The number of nitrogens with one attached hydrogen (secondary N) is 2. The van der Waals surface area contributed by atoms with Crippen molar-refractivity contribution in [1.29, 1.82) is 0 Å². The van der Waals surface area contributed by atoms with Crippen LogP contribution in [0.2, 0.25) is 0 Å². The SMILES string of the molecule is CC1(CNCc2ccc(Br)s2)CCNCC1. The van der Waals surface area contributed by atoms with Gasteiger partial charge < -0.3 is 10.6 Å². The summed E-state index contributed by atoms with van der Waals surface area (Å²) in [5.41, 5.74) is 0.486. The second-order valence-corrected chi connectivity index (χ2v) is 7.42. The lowest BCUT2D eigenvalue weighted by Crippen LogP contribution is -2.41. The van der Waals surface area contributed by atoms with Crippen molar-refractivity contribution < 1.29 is 0 Å². The summed E-state index contributed by atoms with van der Waals surface area (Å²) < 4.78 is 1.22. The van der Waals surface area contributed by atoms with E-state index in [-0.39, 0.29) is 0 Å². The molecule has 2 nitrogen and oxygen atoms in total. The minimum atomic E-state index is 0.486. The van der Waals surface area contributed by atoms with Gasteiger partial charge in [-0.25, -0.2) is 0 Å². The molecular weight excluding hydrogens is 284 g/mol. The molecule has 4 heteroatoms. The topological polar surface area (TPSA) is 24.1 Å². The van der Waals surface area contributed by atoms with Gasteiger partial charge in [-0.05, 0) is 59.4 Å². The molecule has 0 aromatic carbocycles. The highest BCUT2D eigenvalue weighted by Gasteiger charge is 2.25. The van der Waals surface area contributed by atoms with E-state index in [0.717, 1.165) is 13.1 Å². The van der Waals surface area contributed by atoms with E-state index in [9.17, 15) is 0 Å². The van der Waals surface area contributed by atoms with Crippen LogP contribution in [0.15, 0.2) is 15.9 Å². The lowest BCUT2D eigenvalue weighted by atomic mass is 9.81. The molecule has 90 valence electrons. The van der Waals surface area contributed by atoms with Gasteiger partial charge in [0.2, 0.25) is 0 Å². The van der Waals surface area contributed by atoms with Crippen LogP contribution in [0, 0.1) is 5.41 Å². The van der Waals surface area contributed by atoms with Crippen molar-refractivity contribution in [3.8, 4) is 0 Å². The Kier molecular flexibility index (Phi) is 4.41. The Labute approximate surface area is 110 Å². The van der Waals surface area contributed by atoms with Gasteiger partial charge in [0, 0.05) is 18.0 Å². The average Bonchev–Trinajstić information content (AvgIpc) is 2.65. The summed E-state index contributed by atoms with van der Waals surface area (Å²) in [7, 11) is 0. The predicted octanol–water partition coefficient (Wildman–Crippen LogP) is 2.99. The van der Waals surface area contributed by atoms with Gasteiger partial charge >= 0.3 is 0 Å². The smallest absolute Gasteiger partial charge is 0.0701 e. The van der Waals surface area contributed by atoms with E-state index < -0.39 is 0 Å². The van der Waals surface area contributed by atoms with Crippen LogP contribution in [0.5, 0.6) is 0 Å². The highest BCUT2D eigenvalue weighted by molar-refractivity contribution is 9.11. The molecule has 2 N–H and O–H groups in total. The number of thiophene rings is 1. The zero-order valence-corrected chi connectivity index (χ0v) is 12.1. The van der Waals surface area contributed by atoms with Crippen LogP contribution in [-0.4, -0.2) is 19.6 Å². The van der Waals surface area contributed by atoms with Crippen LogP contribution >= 0.6 is 27.3 Å². The van der Waals surface area contributed by atoms with E-state index in [2.05, 4.69) is 45.6 Å². The molecule has 0 aliphatic carbocycles. The number of piperidine rings is 1. The minimum absolute atomic E-state index is 0.486. The van der Waals surface area contributed by atoms with Crippen molar-refractivity contribution in [2.75, 3.05) is 19.6 Å². The fourth-order valence-corrected chi connectivity index (χ4v) is 3.59. The lowest BCUT2D eigenvalue weighted by Gasteiger charge is -2.34. The quantitative estimate of drug-likeness (QED) is 0.893. The summed E-state index contributed by atoms with van der Waals surface area (Å²) >= 11 is 5.31. The van der Waals surface area contributed by atoms with Crippen molar-refractivity contribution in [2.24, 2.45) is 5.41 Å². The first-order valence-corrected chi connectivity index (χ1v) is 7.45. The van der Waals surface area contributed by atoms with Crippen molar-refractivity contribution in [2.45, 2.75) is 26.3 Å². The maximum atomic E-state index is 3.59. The van der Waals surface area contributed by atoms with Crippen molar-refractivity contribution in [3.63, 3.8) is 0 Å². The predicted molar refractivity (Wildman–Crippen MR) is 73.9 cm³/mol. The van der Waals surface area contributed by atoms with Crippen molar-refractivity contribution in [1.82, 2.24) is 10.6 Å². The molecule has 0 bridgehead atoms. The lowest BCUT2D eigenvalue weighted by molar-refractivity contribution is 0.220. The molecular formula is C12H19BrN2S. The van der Waals surface area contributed by atoms with Gasteiger partial charge in [0.1, 0.15) is 0 Å². The maximum absolute atomic E-state index is 3.59. The van der Waals surface area contributed by atoms with E-state index >= 15 is 0 Å². The van der Waals surface area contributed by atoms with Crippen LogP contribution in [-0.2, 0) is 6.54 Å². The Bertz CT molecular complexity index is 332. The van der Waals surface area contributed by atoms with Crippen LogP contribution in [0.1, 0.15) is 24.6 Å². The van der Waals surface area contributed by atoms with Gasteiger partial charge in [0.25, 0.3) is 0 Å². The molecule has 1 aromatic rings. The molecule has 1 saturated heterocycles. The Morgan fingerprint density at radius 2 is 2.19 bits per heavy atom. The molecule has 16 heavy (non-hydrogen) atoms. The van der Waals surface area contributed by atoms with Gasteiger partial charge in [0.05, 0.1) is 3.79 Å². The summed E-state index contributed by atoms with van der Waals surface area (Å²) in [6.45, 7) is 6.86. The first-order chi connectivity index (χ1) is 7.68. The Morgan fingerprint density at radius 1 is 1.44 bits per heavy atom. The molecule has 0 amide bonds. The van der Waals surface area contributed by atoms with E-state index in [1.165, 1.54) is 34.6 Å². The van der Waals surface area contributed by atoms with Gasteiger partial charge in [-0.1, -0.05) is 6.92 Å². The molecule has 1 aliphatic heterocycles. The second-order valence-electron chi connectivity index (χ2n) is 4.87. The van der Waals surface area contributed by atoms with E-state index in [1.54, 1.807) is 0 Å². The molecule has 1 aliphatic rings. The van der Waals surface area contributed by atoms with E-state index in [4.69, 9.17) is 0 Å². The molecule has 1 aromatic heterocycles. The first kappa shape index (κ1) is 12.6. The number of hydrogen-bond donors (Lipinski definition) is 2. The molecule has 0 spiro atoms. The number of halogens is 1. The number of hydrogen-bond acceptors (Lipinski definition) is 3. The van der Waals surface area contributed by atoms with E-state index in [1.807, 2.05) is 11.3 Å². The molecule has 2 rings (SSSR count). The first-order valence-electron chi connectivity index (χ1n) is 5.84. The standard InChI is InChI=1S/C12H19BrN2S/c1-12(4-6-14-7-5-12)9-15-8-10-2-3-11(13)16-10/h2-3,14-15H,4-9H2,1H3. The van der Waals surface area contributed by atoms with Crippen LogP contribution in [0.4, 0.5) is 0 Å². The average molecular weight is 303 g/mol. The van der Waals surface area contributed by atoms with Crippen LogP contribution in [0.3, 0.4) is 0 Å². The summed E-state index contributed by atoms with van der Waals surface area (Å²) in [4.78, 5) is 1.41. The molecule has 0 saturated carbocycles. The summed E-state index contributed by atoms with van der Waals surface area (Å²) in [6, 6.07) is 4.31. The summed E-state index contributed by atoms with van der Waals surface area (Å²) in [5.74, 6) is 0. The Balaban J connectivity index is 1.74. The maximum Gasteiger partial charge on any atom is 0.0701 e. The molecule has 0 unspecified atom stereocenters. The van der Waals surface area contributed by atoms with E-state index in [0.29, 0.717) is 5.41 Å². The monoisotopic (exact) mass is 302 g/mol. The van der Waals surface area contributed by atoms with Gasteiger partial charge in [0.15, 0.2) is 0 Å². The zero-order chi connectivity index (χ0) is 11.4. The normalized spacial score (nSPS) is 19.9. The fraction of sp³-hybridized carbons (Fsp3) is 0.667. The highest BCUT2D eigenvalue weighted by atomic mass is 79.9. The third-order valence-electron chi connectivity index (χ3n) is 3.29. The van der Waals surface area contributed by atoms with Crippen molar-refractivity contribution >= 4 is 27.3 Å². The molecule has 0 atom stereocenters. The summed E-state index contributed by atoms with van der Waals surface area (Å²) in [6.07, 6.45) is 2.57. The summed E-state index contributed by atoms with van der Waals surface area (Å²) in [5, 5.41) is 7.01. The third kappa shape index (κ3) is 3.55. The van der Waals surface area contributed by atoms with Gasteiger partial charge in [-0.2, -0.15) is 0 Å². The van der Waals surface area contributed by atoms with Crippen LogP contribution in [0.25, 0.3) is 0 Å². The van der Waals surface area contributed by atoms with Gasteiger partial charge in [-0.3, -0.25) is 0 Å². The second kappa shape index (κ2) is 5.63. The Hall–Kier alpha value is 0.1000.